The van der Waals surface area contributed by atoms with E-state index < -0.39 is 0 Å². The summed E-state index contributed by atoms with van der Waals surface area (Å²) in [6.07, 6.45) is 2.53. The van der Waals surface area contributed by atoms with Gasteiger partial charge in [0.2, 0.25) is 5.91 Å². The van der Waals surface area contributed by atoms with Crippen molar-refractivity contribution >= 4 is 34.8 Å². The monoisotopic (exact) mass is 446 g/mol. The van der Waals surface area contributed by atoms with E-state index in [2.05, 4.69) is 4.90 Å². The largest absolute Gasteiger partial charge is 0.484 e. The van der Waals surface area contributed by atoms with Crippen molar-refractivity contribution in [3.8, 4) is 5.75 Å². The highest BCUT2D eigenvalue weighted by atomic mass is 35.5. The fraction of sp³-hybridized carbons (Fsp3) is 0.435. The van der Waals surface area contributed by atoms with E-state index in [0.717, 1.165) is 54.9 Å². The molecule has 0 radical (unpaired) electrons. The molecule has 30 heavy (non-hydrogen) atoms. The van der Waals surface area contributed by atoms with Crippen molar-refractivity contribution in [3.05, 3.63) is 57.6 Å². The number of ether oxygens (including phenoxy) is 1. The van der Waals surface area contributed by atoms with Gasteiger partial charge in [0, 0.05) is 47.4 Å². The molecule has 0 saturated carbocycles. The number of hydrogen-bond acceptors (Lipinski definition) is 4. The van der Waals surface area contributed by atoms with Crippen LogP contribution in [0.3, 0.4) is 0 Å². The Labute approximate surface area is 186 Å². The van der Waals surface area contributed by atoms with Crippen molar-refractivity contribution in [2.75, 3.05) is 24.5 Å². The van der Waals surface area contributed by atoms with Gasteiger partial charge in [-0.05, 0) is 61.2 Å². The molecule has 0 bridgehead atoms. The number of nitrogens with zero attached hydrogens (tertiary/aromatic N) is 2. The Bertz CT molecular complexity index is 966. The van der Waals surface area contributed by atoms with E-state index in [9.17, 15) is 9.90 Å². The van der Waals surface area contributed by atoms with Gasteiger partial charge in [-0.15, -0.1) is 0 Å². The number of halogens is 2. The number of aliphatic hydroxyl groups excluding tert-OH is 1. The highest BCUT2D eigenvalue weighted by molar-refractivity contribution is 6.35. The van der Waals surface area contributed by atoms with Crippen LogP contribution in [0.15, 0.2) is 36.4 Å². The Morgan fingerprint density at radius 3 is 2.57 bits per heavy atom. The summed E-state index contributed by atoms with van der Waals surface area (Å²) in [4.78, 5) is 16.1. The quantitative estimate of drug-likeness (QED) is 0.763. The number of carbonyl (C=O) groups is 1. The van der Waals surface area contributed by atoms with Crippen LogP contribution in [0.2, 0.25) is 10.0 Å². The van der Waals surface area contributed by atoms with Crippen molar-refractivity contribution in [1.82, 2.24) is 4.90 Å². The molecule has 5 rings (SSSR count). The third-order valence-electron chi connectivity index (χ3n) is 6.41. The molecule has 2 aromatic rings. The first-order chi connectivity index (χ1) is 14.5. The van der Waals surface area contributed by atoms with Gasteiger partial charge in [-0.2, -0.15) is 0 Å². The summed E-state index contributed by atoms with van der Waals surface area (Å²) in [5.41, 5.74) is 2.98. The lowest BCUT2D eigenvalue weighted by molar-refractivity contribution is -0.117. The molecule has 2 fully saturated rings. The zero-order valence-electron chi connectivity index (χ0n) is 16.6. The highest BCUT2D eigenvalue weighted by Gasteiger charge is 2.41. The first-order valence-corrected chi connectivity index (χ1v) is 11.2. The molecule has 2 aromatic carbocycles. The summed E-state index contributed by atoms with van der Waals surface area (Å²) in [5, 5.41) is 11.3. The van der Waals surface area contributed by atoms with Crippen LogP contribution < -0.4 is 9.64 Å². The molecule has 5 nitrogen and oxygen atoms in total. The Hall–Kier alpha value is -1.79. The molecule has 7 heteroatoms. The van der Waals surface area contributed by atoms with Crippen LogP contribution in [0.25, 0.3) is 0 Å². The van der Waals surface area contributed by atoms with E-state index >= 15 is 0 Å². The Morgan fingerprint density at radius 2 is 1.90 bits per heavy atom. The molecule has 0 spiro atoms. The van der Waals surface area contributed by atoms with E-state index in [1.54, 1.807) is 6.07 Å². The predicted molar refractivity (Wildman–Crippen MR) is 118 cm³/mol. The van der Waals surface area contributed by atoms with Crippen molar-refractivity contribution < 1.29 is 14.6 Å². The SMILES string of the molecule is O=C1CCCN1c1ccc(O[C@H]2c3cc(Cl)cc(Cl)c3C[C@@H]2N2CCC(O)C2)cc1. The van der Waals surface area contributed by atoms with E-state index in [-0.39, 0.29) is 24.2 Å². The first kappa shape index (κ1) is 20.1. The fourth-order valence-electron chi connectivity index (χ4n) is 4.92. The maximum absolute atomic E-state index is 12.0. The maximum Gasteiger partial charge on any atom is 0.227 e. The lowest BCUT2D eigenvalue weighted by Gasteiger charge is -2.30. The number of hydrogen-bond donors (Lipinski definition) is 1. The van der Waals surface area contributed by atoms with Gasteiger partial charge in [-0.3, -0.25) is 9.69 Å². The predicted octanol–water partition coefficient (Wildman–Crippen LogP) is 4.23. The maximum atomic E-state index is 12.0. The summed E-state index contributed by atoms with van der Waals surface area (Å²) < 4.78 is 6.47. The molecule has 0 aromatic heterocycles. The Kier molecular flexibility index (Phi) is 5.40. The van der Waals surface area contributed by atoms with Crippen LogP contribution in [0, 0.1) is 0 Å². The summed E-state index contributed by atoms with van der Waals surface area (Å²) in [5.74, 6) is 0.911. The summed E-state index contributed by atoms with van der Waals surface area (Å²) >= 11 is 12.8. The highest BCUT2D eigenvalue weighted by Crippen LogP contribution is 2.43. The van der Waals surface area contributed by atoms with Gasteiger partial charge in [-0.1, -0.05) is 23.2 Å². The molecule has 1 aliphatic carbocycles. The summed E-state index contributed by atoms with van der Waals surface area (Å²) in [7, 11) is 0. The Morgan fingerprint density at radius 1 is 1.10 bits per heavy atom. The van der Waals surface area contributed by atoms with Gasteiger partial charge in [0.05, 0.1) is 12.1 Å². The number of amides is 1. The first-order valence-electron chi connectivity index (χ1n) is 10.5. The van der Waals surface area contributed by atoms with Crippen LogP contribution in [0.5, 0.6) is 5.75 Å². The second kappa shape index (κ2) is 8.04. The number of aliphatic hydroxyl groups is 1. The van der Waals surface area contributed by atoms with Crippen molar-refractivity contribution in [2.24, 2.45) is 0 Å². The fourth-order valence-corrected chi connectivity index (χ4v) is 5.51. The lowest BCUT2D eigenvalue weighted by atomic mass is 10.1. The summed E-state index contributed by atoms with van der Waals surface area (Å²) in [6.45, 7) is 2.24. The second-order valence-corrected chi connectivity index (χ2v) is 9.19. The van der Waals surface area contributed by atoms with Crippen LogP contribution in [-0.4, -0.2) is 47.7 Å². The number of carbonyl (C=O) groups excluding carboxylic acids is 1. The molecule has 1 amide bonds. The second-order valence-electron chi connectivity index (χ2n) is 8.35. The minimum Gasteiger partial charge on any atom is -0.484 e. The van der Waals surface area contributed by atoms with Gasteiger partial charge in [-0.25, -0.2) is 0 Å². The number of fused-ring (bicyclic) bond motifs is 1. The summed E-state index contributed by atoms with van der Waals surface area (Å²) in [6, 6.07) is 11.5. The molecule has 3 aliphatic rings. The smallest absolute Gasteiger partial charge is 0.227 e. The van der Waals surface area contributed by atoms with E-state index in [4.69, 9.17) is 27.9 Å². The van der Waals surface area contributed by atoms with Crippen molar-refractivity contribution in [1.29, 1.82) is 0 Å². The molecular formula is C23H24Cl2N2O3. The third kappa shape index (κ3) is 3.69. The molecular weight excluding hydrogens is 423 g/mol. The molecule has 3 atom stereocenters. The van der Waals surface area contributed by atoms with Crippen LogP contribution in [0.1, 0.15) is 36.5 Å². The Balaban J connectivity index is 1.42. The van der Waals surface area contributed by atoms with Crippen molar-refractivity contribution in [3.63, 3.8) is 0 Å². The lowest BCUT2D eigenvalue weighted by Crippen LogP contribution is -2.39. The van der Waals surface area contributed by atoms with Gasteiger partial charge in [0.25, 0.3) is 0 Å². The number of benzene rings is 2. The number of likely N-dealkylation sites (tertiary alicyclic amines) is 1. The number of β-amino-alcohol motifs (C(OH)–C–C–N with tert-alkyl or cyclic N) is 1. The molecule has 2 aliphatic heterocycles. The number of rotatable bonds is 4. The van der Waals surface area contributed by atoms with Gasteiger partial charge < -0.3 is 14.7 Å². The zero-order chi connectivity index (χ0) is 20.8. The van der Waals surface area contributed by atoms with Crippen LogP contribution in [-0.2, 0) is 11.2 Å². The minimum absolute atomic E-state index is 0.0907. The average Bonchev–Trinajstić information content (AvgIpc) is 3.42. The van der Waals surface area contributed by atoms with E-state index in [1.165, 1.54) is 0 Å². The van der Waals surface area contributed by atoms with Gasteiger partial charge >= 0.3 is 0 Å². The van der Waals surface area contributed by atoms with Crippen LogP contribution in [0.4, 0.5) is 5.69 Å². The van der Waals surface area contributed by atoms with Gasteiger partial charge in [0.1, 0.15) is 11.9 Å². The molecule has 1 N–H and O–H groups in total. The average molecular weight is 447 g/mol. The topological polar surface area (TPSA) is 53.0 Å². The van der Waals surface area contributed by atoms with E-state index in [1.807, 2.05) is 35.2 Å². The number of anilines is 1. The minimum atomic E-state index is -0.300. The van der Waals surface area contributed by atoms with Crippen molar-refractivity contribution in [2.45, 2.75) is 43.9 Å². The van der Waals surface area contributed by atoms with Gasteiger partial charge in [0.15, 0.2) is 0 Å². The van der Waals surface area contributed by atoms with Crippen LogP contribution >= 0.6 is 23.2 Å². The molecule has 1 unspecified atom stereocenters. The molecule has 158 valence electrons. The third-order valence-corrected chi connectivity index (χ3v) is 6.97. The molecule has 2 heterocycles. The zero-order valence-corrected chi connectivity index (χ0v) is 18.1. The normalized spacial score (nSPS) is 26.4. The molecule has 2 saturated heterocycles. The standard InChI is InChI=1S/C23H24Cl2N2O3/c24-14-10-19-18(20(25)11-14)12-21(26-9-7-16(28)13-26)23(19)30-17-5-3-15(4-6-17)27-8-1-2-22(27)29/h3-6,10-11,16,21,23,28H,1-2,7-9,12-13H2/t16?,21-,23-/m0/s1. The van der Waals surface area contributed by atoms with E-state index in [0.29, 0.717) is 23.0 Å².